The zero-order chi connectivity index (χ0) is 19.2. The predicted molar refractivity (Wildman–Crippen MR) is 93.4 cm³/mol. The van der Waals surface area contributed by atoms with E-state index in [2.05, 4.69) is 20.1 Å². The molecule has 9 heteroatoms. The normalized spacial score (nSPS) is 11.3. The molecule has 0 aliphatic rings. The van der Waals surface area contributed by atoms with Crippen LogP contribution in [-0.4, -0.2) is 28.5 Å². The Morgan fingerprint density at radius 3 is 2.93 bits per heavy atom. The van der Waals surface area contributed by atoms with Crippen LogP contribution in [0.25, 0.3) is 0 Å². The Morgan fingerprint density at radius 2 is 2.19 bits per heavy atom. The number of benzene rings is 1. The van der Waals surface area contributed by atoms with Gasteiger partial charge in [0.15, 0.2) is 5.69 Å². The maximum absolute atomic E-state index is 12.5. The second-order valence-electron chi connectivity index (χ2n) is 5.44. The fourth-order valence-corrected chi connectivity index (χ4v) is 2.38. The first-order valence-electron chi connectivity index (χ1n) is 7.95. The molecule has 7 nitrogen and oxygen atoms in total. The number of halogens is 2. The lowest BCUT2D eigenvalue weighted by Crippen LogP contribution is -2.25. The van der Waals surface area contributed by atoms with Crippen LogP contribution in [0, 0.1) is 0 Å². The van der Waals surface area contributed by atoms with E-state index in [1.807, 2.05) is 0 Å². The third kappa shape index (κ3) is 4.57. The van der Waals surface area contributed by atoms with Gasteiger partial charge in [-0.15, -0.1) is 0 Å². The molecule has 0 aliphatic carbocycles. The number of nitrogens with one attached hydrogen (secondary N) is 1. The Hall–Kier alpha value is -3.49. The summed E-state index contributed by atoms with van der Waals surface area (Å²) < 4.78 is 36.0. The number of amides is 1. The highest BCUT2D eigenvalue weighted by Crippen LogP contribution is 2.22. The summed E-state index contributed by atoms with van der Waals surface area (Å²) in [5.41, 5.74) is 0.870. The monoisotopic (exact) mass is 374 g/mol. The van der Waals surface area contributed by atoms with Crippen molar-refractivity contribution in [3.8, 4) is 5.75 Å². The van der Waals surface area contributed by atoms with E-state index >= 15 is 0 Å². The molecule has 2 aromatic heterocycles. The van der Waals surface area contributed by atoms with Crippen LogP contribution in [0.4, 0.5) is 14.5 Å². The zero-order valence-electron chi connectivity index (χ0n) is 14.3. The third-order valence-electron chi connectivity index (χ3n) is 3.62. The maximum atomic E-state index is 12.5. The summed E-state index contributed by atoms with van der Waals surface area (Å²) in [5, 5.41) is 6.75. The van der Waals surface area contributed by atoms with Gasteiger partial charge in [0.1, 0.15) is 17.2 Å². The summed E-state index contributed by atoms with van der Waals surface area (Å²) in [7, 11) is 1.61. The maximum Gasteiger partial charge on any atom is 0.387 e. The molecule has 0 saturated heterocycles. The number of nitrogens with zero attached hydrogens (tertiary/aromatic N) is 3. The Kier molecular flexibility index (Phi) is 5.60. The van der Waals surface area contributed by atoms with Gasteiger partial charge in [-0.2, -0.15) is 13.9 Å². The van der Waals surface area contributed by atoms with Crippen molar-refractivity contribution < 1.29 is 22.7 Å². The number of aliphatic imine (C=N–C) groups is 1. The van der Waals surface area contributed by atoms with E-state index in [0.717, 1.165) is 0 Å². The number of para-hydroxylation sites is 1. The lowest BCUT2D eigenvalue weighted by Gasteiger charge is -2.07. The molecule has 0 fully saturated rings. The molecule has 0 atom stereocenters. The van der Waals surface area contributed by atoms with Crippen LogP contribution >= 0.6 is 0 Å². The highest BCUT2D eigenvalue weighted by Gasteiger charge is 2.17. The molecule has 0 aliphatic heterocycles. The lowest BCUT2D eigenvalue weighted by atomic mass is 10.2. The minimum atomic E-state index is -2.94. The summed E-state index contributed by atoms with van der Waals surface area (Å²) >= 11 is 0. The van der Waals surface area contributed by atoms with E-state index in [1.165, 1.54) is 29.4 Å². The Labute approximate surface area is 153 Å². The van der Waals surface area contributed by atoms with Gasteiger partial charge in [0.05, 0.1) is 19.0 Å². The largest absolute Gasteiger partial charge is 0.467 e. The predicted octanol–water partition coefficient (Wildman–Crippen LogP) is 3.30. The van der Waals surface area contributed by atoms with Crippen molar-refractivity contribution in [1.82, 2.24) is 15.1 Å². The van der Waals surface area contributed by atoms with E-state index in [1.54, 1.807) is 37.4 Å². The molecule has 3 rings (SSSR count). The highest BCUT2D eigenvalue weighted by atomic mass is 19.3. The van der Waals surface area contributed by atoms with Gasteiger partial charge >= 0.3 is 6.61 Å². The van der Waals surface area contributed by atoms with Gasteiger partial charge in [0.2, 0.25) is 0 Å². The fourth-order valence-electron chi connectivity index (χ4n) is 2.38. The molecule has 1 N–H and O–H groups in total. The molecule has 3 aromatic rings. The smallest absolute Gasteiger partial charge is 0.387 e. The minimum absolute atomic E-state index is 0.0102. The standard InChI is InChI=1S/C18H16F2N4O3/c1-24-16(17(25)22-10-13-6-4-8-26-13)14(11-23-24)21-9-12-5-2-3-7-15(12)27-18(19)20/h2-9,11,18H,10H2,1H3,(H,22,25). The second-order valence-corrected chi connectivity index (χ2v) is 5.44. The molecule has 0 bridgehead atoms. The van der Waals surface area contributed by atoms with Crippen LogP contribution in [0.2, 0.25) is 0 Å². The van der Waals surface area contributed by atoms with E-state index in [4.69, 9.17) is 4.42 Å². The Bertz CT molecular complexity index is 936. The molecular weight excluding hydrogens is 358 g/mol. The summed E-state index contributed by atoms with van der Waals surface area (Å²) in [6.07, 6.45) is 4.27. The molecular formula is C18H16F2N4O3. The number of rotatable bonds is 7. The molecule has 0 radical (unpaired) electrons. The summed E-state index contributed by atoms with van der Waals surface area (Å²) in [5.74, 6) is 0.202. The molecule has 27 heavy (non-hydrogen) atoms. The molecule has 1 amide bonds. The fraction of sp³-hybridized carbons (Fsp3) is 0.167. The summed E-state index contributed by atoms with van der Waals surface area (Å²) in [6.45, 7) is -2.73. The highest BCUT2D eigenvalue weighted by molar-refractivity contribution is 5.98. The number of alkyl halides is 2. The number of ether oxygens (including phenoxy) is 1. The third-order valence-corrected chi connectivity index (χ3v) is 3.62. The van der Waals surface area contributed by atoms with Crippen molar-refractivity contribution >= 4 is 17.8 Å². The van der Waals surface area contributed by atoms with Gasteiger partial charge in [-0.25, -0.2) is 0 Å². The number of furan rings is 1. The van der Waals surface area contributed by atoms with Crippen molar-refractivity contribution in [2.45, 2.75) is 13.2 Å². The van der Waals surface area contributed by atoms with E-state index in [9.17, 15) is 13.6 Å². The average molecular weight is 374 g/mol. The molecule has 0 saturated carbocycles. The molecule has 2 heterocycles. The Morgan fingerprint density at radius 1 is 1.37 bits per heavy atom. The van der Waals surface area contributed by atoms with Gasteiger partial charge in [0.25, 0.3) is 5.91 Å². The van der Waals surface area contributed by atoms with Crippen molar-refractivity contribution in [3.05, 3.63) is 65.9 Å². The average Bonchev–Trinajstić information content (AvgIpc) is 3.28. The number of carbonyl (C=O) groups excluding carboxylic acids is 1. The van der Waals surface area contributed by atoms with Crippen LogP contribution in [-0.2, 0) is 13.6 Å². The first-order chi connectivity index (χ1) is 13.0. The first-order valence-corrected chi connectivity index (χ1v) is 7.95. The van der Waals surface area contributed by atoms with Crippen LogP contribution in [0.15, 0.2) is 58.3 Å². The van der Waals surface area contributed by atoms with Crippen molar-refractivity contribution in [2.75, 3.05) is 0 Å². The van der Waals surface area contributed by atoms with E-state index in [0.29, 0.717) is 17.0 Å². The van der Waals surface area contributed by atoms with Crippen LogP contribution in [0.1, 0.15) is 21.8 Å². The van der Waals surface area contributed by atoms with Crippen molar-refractivity contribution in [3.63, 3.8) is 0 Å². The lowest BCUT2D eigenvalue weighted by molar-refractivity contribution is -0.0499. The summed E-state index contributed by atoms with van der Waals surface area (Å²) in [6, 6.07) is 9.69. The van der Waals surface area contributed by atoms with Crippen LogP contribution in [0.3, 0.4) is 0 Å². The second kappa shape index (κ2) is 8.26. The van der Waals surface area contributed by atoms with E-state index < -0.39 is 12.5 Å². The van der Waals surface area contributed by atoms with E-state index in [-0.39, 0.29) is 18.0 Å². The topological polar surface area (TPSA) is 81.6 Å². The SMILES string of the molecule is Cn1ncc(N=Cc2ccccc2OC(F)F)c1C(=O)NCc1ccco1. The van der Waals surface area contributed by atoms with Crippen molar-refractivity contribution in [2.24, 2.45) is 12.0 Å². The quantitative estimate of drug-likeness (QED) is 0.644. The summed E-state index contributed by atoms with van der Waals surface area (Å²) in [4.78, 5) is 16.7. The number of hydrogen-bond donors (Lipinski definition) is 1. The molecule has 1 aromatic carbocycles. The minimum Gasteiger partial charge on any atom is -0.467 e. The number of aromatic nitrogens is 2. The van der Waals surface area contributed by atoms with Crippen LogP contribution in [0.5, 0.6) is 5.75 Å². The number of carbonyl (C=O) groups is 1. The zero-order valence-corrected chi connectivity index (χ0v) is 14.3. The first kappa shape index (κ1) is 18.3. The molecule has 0 unspecified atom stereocenters. The van der Waals surface area contributed by atoms with Gasteiger partial charge in [-0.1, -0.05) is 12.1 Å². The Balaban J connectivity index is 1.78. The molecule has 0 spiro atoms. The molecule has 140 valence electrons. The van der Waals surface area contributed by atoms with Gasteiger partial charge in [-0.3, -0.25) is 14.5 Å². The number of aryl methyl sites for hydroxylation is 1. The van der Waals surface area contributed by atoms with Gasteiger partial charge in [-0.05, 0) is 24.3 Å². The van der Waals surface area contributed by atoms with Gasteiger partial charge in [0, 0.05) is 18.8 Å². The van der Waals surface area contributed by atoms with Crippen LogP contribution < -0.4 is 10.1 Å². The number of hydrogen-bond acceptors (Lipinski definition) is 5. The van der Waals surface area contributed by atoms with Gasteiger partial charge < -0.3 is 14.5 Å². The van der Waals surface area contributed by atoms with Crippen molar-refractivity contribution in [1.29, 1.82) is 0 Å².